The van der Waals surface area contributed by atoms with Crippen molar-refractivity contribution in [3.8, 4) is 12.1 Å². The molecule has 0 atom stereocenters. The van der Waals surface area contributed by atoms with Crippen LogP contribution in [0, 0.1) is 33.5 Å². The molecule has 0 spiro atoms. The summed E-state index contributed by atoms with van der Waals surface area (Å²) >= 11 is 0. The van der Waals surface area contributed by atoms with E-state index in [1.54, 1.807) is 13.8 Å². The number of hydrogen-bond donors (Lipinski definition) is 2. The molecular weight excluding hydrogens is 456 g/mol. The van der Waals surface area contributed by atoms with Crippen LogP contribution in [-0.2, 0) is 19.1 Å². The predicted octanol–water partition coefficient (Wildman–Crippen LogP) is 4.34. The van der Waals surface area contributed by atoms with Crippen LogP contribution in [0.3, 0.4) is 0 Å². The van der Waals surface area contributed by atoms with E-state index >= 15 is 0 Å². The fourth-order valence-electron chi connectivity index (χ4n) is 4.71. The number of hydrogen-bond acceptors (Lipinski definition) is 8. The molecule has 2 N–H and O–H groups in total. The molecule has 0 saturated carbocycles. The number of nitrogens with zero attached hydrogens (tertiary/aromatic N) is 2. The van der Waals surface area contributed by atoms with Crippen molar-refractivity contribution in [2.24, 2.45) is 10.8 Å². The highest BCUT2D eigenvalue weighted by Gasteiger charge is 2.30. The second-order valence-electron chi connectivity index (χ2n) is 10.7. The number of carbonyl (C=O) groups excluding carboxylic acids is 2. The minimum Gasteiger partial charge on any atom is -0.462 e. The first-order valence-corrected chi connectivity index (χ1v) is 12.4. The third kappa shape index (κ3) is 8.02. The number of ether oxygens (including phenoxy) is 2. The molecule has 36 heavy (non-hydrogen) atoms. The van der Waals surface area contributed by atoms with Gasteiger partial charge in [-0.2, -0.15) is 10.5 Å². The summed E-state index contributed by atoms with van der Waals surface area (Å²) in [4.78, 5) is 24.5. The zero-order valence-electron chi connectivity index (χ0n) is 22.3. The Hall–Kier alpha value is -3.52. The van der Waals surface area contributed by atoms with Crippen molar-refractivity contribution in [1.29, 1.82) is 10.5 Å². The fourth-order valence-corrected chi connectivity index (χ4v) is 4.71. The molecule has 2 rings (SSSR count). The molecule has 0 aliphatic heterocycles. The first kappa shape index (κ1) is 28.7. The molecule has 0 aromatic rings. The van der Waals surface area contributed by atoms with E-state index in [0.29, 0.717) is 37.1 Å². The molecule has 0 heterocycles. The molecule has 0 bridgehead atoms. The molecule has 8 nitrogen and oxygen atoms in total. The Morgan fingerprint density at radius 2 is 1.14 bits per heavy atom. The Balaban J connectivity index is 2.14. The van der Waals surface area contributed by atoms with Crippen LogP contribution in [0.25, 0.3) is 0 Å². The molecule has 0 fully saturated rings. The third-order valence-electron chi connectivity index (χ3n) is 6.03. The van der Waals surface area contributed by atoms with Crippen molar-refractivity contribution >= 4 is 11.9 Å². The smallest absolute Gasteiger partial charge is 0.349 e. The largest absolute Gasteiger partial charge is 0.462 e. The molecule has 0 unspecified atom stereocenters. The highest BCUT2D eigenvalue weighted by molar-refractivity contribution is 5.95. The van der Waals surface area contributed by atoms with Crippen molar-refractivity contribution in [2.45, 2.75) is 67.2 Å². The molecule has 0 radical (unpaired) electrons. The van der Waals surface area contributed by atoms with Crippen molar-refractivity contribution in [1.82, 2.24) is 10.6 Å². The van der Waals surface area contributed by atoms with E-state index in [2.05, 4.69) is 38.3 Å². The van der Waals surface area contributed by atoms with E-state index < -0.39 is 11.9 Å². The number of allylic oxidation sites excluding steroid dienone is 6. The SMILES string of the molecule is CCOC(=O)/C(C#N)=C1\C=C(NCCNC2=C/C(=C(/C#N)C(=O)OCC)CC(C)(C)C2)CC(C)(C)C1. The van der Waals surface area contributed by atoms with Gasteiger partial charge in [-0.3, -0.25) is 0 Å². The number of esters is 2. The van der Waals surface area contributed by atoms with Crippen LogP contribution < -0.4 is 10.6 Å². The molecule has 194 valence electrons. The first-order valence-electron chi connectivity index (χ1n) is 12.4. The maximum atomic E-state index is 12.2. The first-order chi connectivity index (χ1) is 16.9. The van der Waals surface area contributed by atoms with Gasteiger partial charge in [0.1, 0.15) is 23.3 Å². The average Bonchev–Trinajstić information content (AvgIpc) is 2.76. The van der Waals surface area contributed by atoms with E-state index in [4.69, 9.17) is 9.47 Å². The summed E-state index contributed by atoms with van der Waals surface area (Å²) in [5.41, 5.74) is 3.22. The summed E-state index contributed by atoms with van der Waals surface area (Å²) in [6, 6.07) is 4.04. The lowest BCUT2D eigenvalue weighted by Gasteiger charge is -2.33. The Labute approximate surface area is 214 Å². The van der Waals surface area contributed by atoms with Gasteiger partial charge in [0.25, 0.3) is 0 Å². The third-order valence-corrected chi connectivity index (χ3v) is 6.03. The highest BCUT2D eigenvalue weighted by atomic mass is 16.5. The van der Waals surface area contributed by atoms with Crippen LogP contribution in [0.5, 0.6) is 0 Å². The summed E-state index contributed by atoms with van der Waals surface area (Å²) < 4.78 is 10.1. The predicted molar refractivity (Wildman–Crippen MR) is 137 cm³/mol. The molecule has 0 aromatic carbocycles. The van der Waals surface area contributed by atoms with Gasteiger partial charge in [0.2, 0.25) is 0 Å². The van der Waals surface area contributed by atoms with Crippen LogP contribution in [0.4, 0.5) is 0 Å². The number of nitrogens with one attached hydrogen (secondary N) is 2. The Morgan fingerprint density at radius 3 is 1.44 bits per heavy atom. The summed E-state index contributed by atoms with van der Waals surface area (Å²) in [7, 11) is 0. The van der Waals surface area contributed by atoms with Crippen molar-refractivity contribution < 1.29 is 19.1 Å². The molecule has 0 amide bonds. The second-order valence-corrected chi connectivity index (χ2v) is 10.7. The Kier molecular flexibility index (Phi) is 9.93. The van der Waals surface area contributed by atoms with E-state index in [1.165, 1.54) is 0 Å². The van der Waals surface area contributed by atoms with E-state index in [1.807, 2.05) is 24.3 Å². The van der Waals surface area contributed by atoms with Crippen LogP contribution in [0.2, 0.25) is 0 Å². The zero-order valence-corrected chi connectivity index (χ0v) is 22.3. The van der Waals surface area contributed by atoms with Gasteiger partial charge in [0, 0.05) is 24.5 Å². The molecule has 8 heteroatoms. The van der Waals surface area contributed by atoms with Crippen molar-refractivity contribution in [3.63, 3.8) is 0 Å². The summed E-state index contributed by atoms with van der Waals surface area (Å²) in [5, 5.41) is 26.0. The summed E-state index contributed by atoms with van der Waals surface area (Å²) in [5.74, 6) is -1.17. The van der Waals surface area contributed by atoms with Gasteiger partial charge >= 0.3 is 11.9 Å². The quantitative estimate of drug-likeness (QED) is 0.210. The molecule has 0 aromatic heterocycles. The van der Waals surface area contributed by atoms with Crippen LogP contribution >= 0.6 is 0 Å². The lowest BCUT2D eigenvalue weighted by atomic mass is 9.76. The average molecular weight is 495 g/mol. The fraction of sp³-hybridized carbons (Fsp3) is 0.571. The Morgan fingerprint density at radius 1 is 0.778 bits per heavy atom. The van der Waals surface area contributed by atoms with E-state index in [0.717, 1.165) is 24.2 Å². The standard InChI is InChI=1S/C28H38N4O4/c1-7-35-25(33)23(17-29)19-11-21(15-27(3,4)13-19)31-9-10-32-22-12-20(14-28(5,6)16-22)24(18-30)26(34)36-8-2/h11-12,31-32H,7-10,13-16H2,1-6H3/b23-19+,24-20+. The van der Waals surface area contributed by atoms with Crippen LogP contribution in [0.1, 0.15) is 67.2 Å². The van der Waals surface area contributed by atoms with E-state index in [-0.39, 0.29) is 35.2 Å². The highest BCUT2D eigenvalue weighted by Crippen LogP contribution is 2.39. The van der Waals surface area contributed by atoms with Gasteiger partial charge in [-0.25, -0.2) is 9.59 Å². The monoisotopic (exact) mass is 494 g/mol. The number of carbonyl (C=O) groups is 2. The molecular formula is C28H38N4O4. The van der Waals surface area contributed by atoms with Crippen LogP contribution in [0.15, 0.2) is 45.8 Å². The normalized spacial score (nSPS) is 21.0. The lowest BCUT2D eigenvalue weighted by Crippen LogP contribution is -2.32. The number of nitriles is 2. The maximum Gasteiger partial charge on any atom is 0.349 e. The topological polar surface area (TPSA) is 124 Å². The van der Waals surface area contributed by atoms with Gasteiger partial charge in [0.15, 0.2) is 0 Å². The maximum absolute atomic E-state index is 12.2. The summed E-state index contributed by atoms with van der Waals surface area (Å²) in [6.07, 6.45) is 6.62. The molecule has 2 aliphatic rings. The minimum atomic E-state index is -0.583. The van der Waals surface area contributed by atoms with Gasteiger partial charge < -0.3 is 20.1 Å². The number of rotatable bonds is 9. The van der Waals surface area contributed by atoms with Crippen LogP contribution in [-0.4, -0.2) is 38.2 Å². The molecule has 0 saturated heterocycles. The van der Waals surface area contributed by atoms with Crippen molar-refractivity contribution in [2.75, 3.05) is 26.3 Å². The second kappa shape index (κ2) is 12.4. The van der Waals surface area contributed by atoms with Gasteiger partial charge in [-0.1, -0.05) is 27.7 Å². The Bertz CT molecular complexity index is 992. The van der Waals surface area contributed by atoms with E-state index in [9.17, 15) is 20.1 Å². The van der Waals surface area contributed by atoms with Crippen molar-refractivity contribution in [3.05, 3.63) is 45.8 Å². The zero-order chi connectivity index (χ0) is 26.9. The minimum absolute atomic E-state index is 0.0610. The van der Waals surface area contributed by atoms with Gasteiger partial charge in [-0.15, -0.1) is 0 Å². The van der Waals surface area contributed by atoms with Gasteiger partial charge in [0.05, 0.1) is 13.2 Å². The molecule has 2 aliphatic carbocycles. The van der Waals surface area contributed by atoms with Gasteiger partial charge in [-0.05, 0) is 73.7 Å². The lowest BCUT2D eigenvalue weighted by molar-refractivity contribution is -0.139. The summed E-state index contributed by atoms with van der Waals surface area (Å²) in [6.45, 7) is 13.6.